The topological polar surface area (TPSA) is 105 Å². The predicted octanol–water partition coefficient (Wildman–Crippen LogP) is 3.32. The minimum Gasteiger partial charge on any atom is -0.477 e. The second-order valence-electron chi connectivity index (χ2n) is 6.94. The number of rotatable bonds is 7. The number of amides is 2. The maximum Gasteiger partial charge on any atom is 0.310 e. The van der Waals surface area contributed by atoms with Crippen LogP contribution in [0.4, 0.5) is 17.1 Å². The van der Waals surface area contributed by atoms with Crippen molar-refractivity contribution in [2.24, 2.45) is 0 Å². The van der Waals surface area contributed by atoms with Gasteiger partial charge in [-0.1, -0.05) is 30.7 Å². The Morgan fingerprint density at radius 2 is 1.87 bits per heavy atom. The van der Waals surface area contributed by atoms with Crippen molar-refractivity contribution in [1.29, 1.82) is 0 Å². The maximum absolute atomic E-state index is 12.5. The van der Waals surface area contributed by atoms with Crippen molar-refractivity contribution in [2.75, 3.05) is 43.0 Å². The first-order valence-corrected chi connectivity index (χ1v) is 10.2. The van der Waals surface area contributed by atoms with Crippen molar-refractivity contribution in [3.63, 3.8) is 0 Å². The molecule has 0 aliphatic carbocycles. The van der Waals surface area contributed by atoms with E-state index in [4.69, 9.17) is 16.3 Å². The molecule has 10 heteroatoms. The van der Waals surface area contributed by atoms with Crippen molar-refractivity contribution >= 4 is 40.5 Å². The first-order valence-electron chi connectivity index (χ1n) is 9.87. The van der Waals surface area contributed by atoms with Gasteiger partial charge in [-0.15, -0.1) is 0 Å². The molecule has 0 saturated carbocycles. The van der Waals surface area contributed by atoms with Crippen LogP contribution in [0.1, 0.15) is 13.3 Å². The Balaban J connectivity index is 1.67. The normalized spacial score (nSPS) is 13.6. The van der Waals surface area contributed by atoms with E-state index in [1.54, 1.807) is 18.2 Å². The predicted molar refractivity (Wildman–Crippen MR) is 118 cm³/mol. The SMILES string of the molecule is CCC(=O)N1CCN(c2ccc(Cl)cc2NC(=O)COc2ccccc2[N+](=O)[O-])CC1. The van der Waals surface area contributed by atoms with Crippen LogP contribution in [0.25, 0.3) is 0 Å². The minimum absolute atomic E-state index is 0.0191. The number of nitrogens with zero attached hydrogens (tertiary/aromatic N) is 3. The molecular weight excluding hydrogens is 424 g/mol. The van der Waals surface area contributed by atoms with Crippen LogP contribution in [-0.4, -0.2) is 54.4 Å². The van der Waals surface area contributed by atoms with Gasteiger partial charge < -0.3 is 19.9 Å². The van der Waals surface area contributed by atoms with Crippen molar-refractivity contribution in [1.82, 2.24) is 4.90 Å². The number of hydrogen-bond donors (Lipinski definition) is 1. The number of benzene rings is 2. The number of halogens is 1. The molecular formula is C21H23ClN4O5. The van der Waals surface area contributed by atoms with Gasteiger partial charge in [0, 0.05) is 43.7 Å². The molecule has 0 aromatic heterocycles. The van der Waals surface area contributed by atoms with Gasteiger partial charge in [-0.05, 0) is 24.3 Å². The fraction of sp³-hybridized carbons (Fsp3) is 0.333. The van der Waals surface area contributed by atoms with Crippen LogP contribution in [0.15, 0.2) is 42.5 Å². The quantitative estimate of drug-likeness (QED) is 0.516. The highest BCUT2D eigenvalue weighted by atomic mass is 35.5. The van der Waals surface area contributed by atoms with Crippen LogP contribution in [0, 0.1) is 10.1 Å². The Kier molecular flexibility index (Phi) is 7.30. The van der Waals surface area contributed by atoms with Crippen LogP contribution in [0.2, 0.25) is 5.02 Å². The Labute approximate surface area is 184 Å². The fourth-order valence-corrected chi connectivity index (χ4v) is 3.54. The molecule has 1 saturated heterocycles. The molecule has 3 rings (SSSR count). The molecule has 2 aromatic rings. The van der Waals surface area contributed by atoms with Gasteiger partial charge in [-0.25, -0.2) is 0 Å². The lowest BCUT2D eigenvalue weighted by Gasteiger charge is -2.37. The standard InChI is InChI=1S/C21H23ClN4O5/c1-2-21(28)25-11-9-24(10-12-25)17-8-7-15(22)13-16(17)23-20(27)14-31-19-6-4-3-5-18(19)26(29)30/h3-8,13H,2,9-12,14H2,1H3,(H,23,27). The summed E-state index contributed by atoms with van der Waals surface area (Å²) in [6.45, 7) is 3.90. The van der Waals surface area contributed by atoms with E-state index in [0.717, 1.165) is 5.69 Å². The first-order chi connectivity index (χ1) is 14.9. The number of nitro groups is 1. The van der Waals surface area contributed by atoms with Crippen molar-refractivity contribution < 1.29 is 19.2 Å². The number of piperazine rings is 1. The van der Waals surface area contributed by atoms with E-state index in [9.17, 15) is 19.7 Å². The lowest BCUT2D eigenvalue weighted by molar-refractivity contribution is -0.385. The molecule has 1 N–H and O–H groups in total. The molecule has 2 amide bonds. The number of carbonyl (C=O) groups excluding carboxylic acids is 2. The van der Waals surface area contributed by atoms with E-state index >= 15 is 0 Å². The summed E-state index contributed by atoms with van der Waals surface area (Å²) in [5.74, 6) is -0.330. The van der Waals surface area contributed by atoms with E-state index in [0.29, 0.717) is 43.3 Å². The summed E-state index contributed by atoms with van der Waals surface area (Å²) in [5, 5.41) is 14.3. The van der Waals surface area contributed by atoms with Crippen LogP contribution >= 0.6 is 11.6 Å². The van der Waals surface area contributed by atoms with Gasteiger partial charge in [0.05, 0.1) is 16.3 Å². The Hall–Kier alpha value is -3.33. The largest absolute Gasteiger partial charge is 0.477 e. The highest BCUT2D eigenvalue weighted by Gasteiger charge is 2.23. The fourth-order valence-electron chi connectivity index (χ4n) is 3.36. The van der Waals surface area contributed by atoms with Crippen molar-refractivity contribution in [3.05, 3.63) is 57.6 Å². The van der Waals surface area contributed by atoms with Crippen LogP contribution < -0.4 is 15.0 Å². The molecule has 1 aliphatic rings. The van der Waals surface area contributed by atoms with Gasteiger partial charge in [0.2, 0.25) is 5.91 Å². The Morgan fingerprint density at radius 3 is 2.55 bits per heavy atom. The molecule has 0 atom stereocenters. The highest BCUT2D eigenvalue weighted by Crippen LogP contribution is 2.30. The molecule has 0 radical (unpaired) electrons. The number of anilines is 2. The molecule has 0 spiro atoms. The second kappa shape index (κ2) is 10.1. The van der Waals surface area contributed by atoms with Gasteiger partial charge in [0.1, 0.15) is 0 Å². The molecule has 31 heavy (non-hydrogen) atoms. The lowest BCUT2D eigenvalue weighted by Crippen LogP contribution is -2.48. The summed E-state index contributed by atoms with van der Waals surface area (Å²) < 4.78 is 5.36. The summed E-state index contributed by atoms with van der Waals surface area (Å²) in [6.07, 6.45) is 0.474. The highest BCUT2D eigenvalue weighted by molar-refractivity contribution is 6.31. The number of para-hydroxylation sites is 2. The summed E-state index contributed by atoms with van der Waals surface area (Å²) in [6, 6.07) is 11.1. The van der Waals surface area contributed by atoms with Crippen molar-refractivity contribution in [2.45, 2.75) is 13.3 Å². The van der Waals surface area contributed by atoms with E-state index in [2.05, 4.69) is 10.2 Å². The summed E-state index contributed by atoms with van der Waals surface area (Å²) in [5.41, 5.74) is 1.09. The minimum atomic E-state index is -0.564. The van der Waals surface area contributed by atoms with Crippen LogP contribution in [-0.2, 0) is 9.59 Å². The third kappa shape index (κ3) is 5.64. The summed E-state index contributed by atoms with van der Waals surface area (Å²) in [4.78, 5) is 38.8. The zero-order valence-corrected chi connectivity index (χ0v) is 17.8. The average molecular weight is 447 g/mol. The Bertz CT molecular complexity index is 976. The number of nitrogens with one attached hydrogen (secondary N) is 1. The molecule has 164 valence electrons. The van der Waals surface area contributed by atoms with E-state index in [1.807, 2.05) is 17.9 Å². The number of hydrogen-bond acceptors (Lipinski definition) is 6. The summed E-state index contributed by atoms with van der Waals surface area (Å²) >= 11 is 6.12. The van der Waals surface area contributed by atoms with Crippen molar-refractivity contribution in [3.8, 4) is 5.75 Å². The van der Waals surface area contributed by atoms with Gasteiger partial charge in [-0.2, -0.15) is 0 Å². The van der Waals surface area contributed by atoms with E-state index < -0.39 is 17.4 Å². The van der Waals surface area contributed by atoms with Crippen LogP contribution in [0.3, 0.4) is 0 Å². The van der Waals surface area contributed by atoms with E-state index in [-0.39, 0.29) is 17.3 Å². The maximum atomic E-state index is 12.5. The molecule has 1 heterocycles. The van der Waals surface area contributed by atoms with Gasteiger partial charge in [-0.3, -0.25) is 19.7 Å². The monoisotopic (exact) mass is 446 g/mol. The molecule has 2 aromatic carbocycles. The van der Waals surface area contributed by atoms with Crippen LogP contribution in [0.5, 0.6) is 5.75 Å². The molecule has 1 aliphatic heterocycles. The first kappa shape index (κ1) is 22.4. The molecule has 0 bridgehead atoms. The number of ether oxygens (including phenoxy) is 1. The summed E-state index contributed by atoms with van der Waals surface area (Å²) in [7, 11) is 0. The van der Waals surface area contributed by atoms with Gasteiger partial charge in [0.15, 0.2) is 12.4 Å². The van der Waals surface area contributed by atoms with Gasteiger partial charge in [0.25, 0.3) is 5.91 Å². The number of carbonyl (C=O) groups is 2. The molecule has 0 unspecified atom stereocenters. The lowest BCUT2D eigenvalue weighted by atomic mass is 10.2. The smallest absolute Gasteiger partial charge is 0.310 e. The zero-order chi connectivity index (χ0) is 22.4. The third-order valence-electron chi connectivity index (χ3n) is 4.93. The Morgan fingerprint density at radius 1 is 1.16 bits per heavy atom. The molecule has 9 nitrogen and oxygen atoms in total. The van der Waals surface area contributed by atoms with Gasteiger partial charge >= 0.3 is 5.69 Å². The third-order valence-corrected chi connectivity index (χ3v) is 5.16. The van der Waals surface area contributed by atoms with E-state index in [1.165, 1.54) is 18.2 Å². The second-order valence-corrected chi connectivity index (χ2v) is 7.38. The number of nitro benzene ring substituents is 1. The average Bonchev–Trinajstić information content (AvgIpc) is 2.77. The molecule has 1 fully saturated rings. The zero-order valence-electron chi connectivity index (χ0n) is 17.0.